The first-order valence-corrected chi connectivity index (χ1v) is 7.49. The summed E-state index contributed by atoms with van der Waals surface area (Å²) in [5.74, 6) is -0.464. The van der Waals surface area contributed by atoms with Crippen molar-refractivity contribution in [2.45, 2.75) is 25.8 Å². The van der Waals surface area contributed by atoms with E-state index < -0.39 is 45.2 Å². The molecule has 1 aromatic carbocycles. The molecule has 5 nitrogen and oxygen atoms in total. The maximum Gasteiger partial charge on any atom is 0.440 e. The van der Waals surface area contributed by atoms with Crippen LogP contribution in [0.3, 0.4) is 0 Å². The molecule has 13 heteroatoms. The highest BCUT2D eigenvalue weighted by Gasteiger charge is 2.38. The zero-order valence-corrected chi connectivity index (χ0v) is 14.1. The summed E-state index contributed by atoms with van der Waals surface area (Å²) in [6, 6.07) is 1.14. The second-order valence-electron chi connectivity index (χ2n) is 4.86. The summed E-state index contributed by atoms with van der Waals surface area (Å²) in [5, 5.41) is 7.51. The van der Waals surface area contributed by atoms with Gasteiger partial charge in [0.15, 0.2) is 0 Å². The molecule has 0 saturated heterocycles. The minimum Gasteiger partial charge on any atom is -0.322 e. The van der Waals surface area contributed by atoms with Crippen LogP contribution in [0, 0.1) is 0 Å². The van der Waals surface area contributed by atoms with E-state index in [0.717, 1.165) is 0 Å². The SMILES string of the molecule is CCn1c(Nc2c(Cl)cc(C(F)(F)F)cc2Cl)nnc(C(F)(F)F)c1=O. The van der Waals surface area contributed by atoms with Crippen LogP contribution in [0.15, 0.2) is 16.9 Å². The molecule has 1 heterocycles. The largest absolute Gasteiger partial charge is 0.440 e. The lowest BCUT2D eigenvalue weighted by molar-refractivity contribution is -0.143. The van der Waals surface area contributed by atoms with E-state index in [2.05, 4.69) is 15.5 Å². The number of aromatic nitrogens is 3. The summed E-state index contributed by atoms with van der Waals surface area (Å²) in [6.45, 7) is 1.14. The summed E-state index contributed by atoms with van der Waals surface area (Å²) in [5.41, 5.74) is -4.59. The van der Waals surface area contributed by atoms with Crippen molar-refractivity contribution in [3.8, 4) is 0 Å². The van der Waals surface area contributed by atoms with Gasteiger partial charge in [0.1, 0.15) is 0 Å². The molecule has 1 N–H and O–H groups in total. The van der Waals surface area contributed by atoms with Crippen molar-refractivity contribution in [2.24, 2.45) is 0 Å². The molecule has 142 valence electrons. The second kappa shape index (κ2) is 6.95. The zero-order valence-electron chi connectivity index (χ0n) is 12.6. The predicted molar refractivity (Wildman–Crippen MR) is 81.7 cm³/mol. The van der Waals surface area contributed by atoms with Gasteiger partial charge in [-0.1, -0.05) is 23.2 Å². The van der Waals surface area contributed by atoms with Crippen molar-refractivity contribution >= 4 is 34.8 Å². The fraction of sp³-hybridized carbons (Fsp3) is 0.308. The van der Waals surface area contributed by atoms with Gasteiger partial charge in [-0.15, -0.1) is 10.2 Å². The molecule has 0 radical (unpaired) electrons. The van der Waals surface area contributed by atoms with Crippen LogP contribution in [0.1, 0.15) is 18.2 Å². The lowest BCUT2D eigenvalue weighted by Gasteiger charge is -2.16. The van der Waals surface area contributed by atoms with E-state index >= 15 is 0 Å². The van der Waals surface area contributed by atoms with Gasteiger partial charge in [0.2, 0.25) is 11.6 Å². The minimum absolute atomic E-state index is 0.227. The van der Waals surface area contributed by atoms with E-state index in [1.54, 1.807) is 0 Å². The smallest absolute Gasteiger partial charge is 0.322 e. The quantitative estimate of drug-likeness (QED) is 0.728. The fourth-order valence-electron chi connectivity index (χ4n) is 1.95. The van der Waals surface area contributed by atoms with E-state index in [1.807, 2.05) is 0 Å². The van der Waals surface area contributed by atoms with Crippen LogP contribution >= 0.6 is 23.2 Å². The van der Waals surface area contributed by atoms with E-state index in [9.17, 15) is 31.1 Å². The standard InChI is InChI=1S/C13H8Cl2F6N4O/c1-2-25-10(26)9(13(19,20)21)23-24-11(25)22-8-6(14)3-5(4-7(8)15)12(16,17)18/h3-4H,2H2,1H3,(H,22,24). The first kappa shape index (κ1) is 20.3. The number of halogens is 8. The van der Waals surface area contributed by atoms with Crippen molar-refractivity contribution in [1.82, 2.24) is 14.8 Å². The number of alkyl halides is 6. The Morgan fingerprint density at radius 2 is 1.58 bits per heavy atom. The molecule has 26 heavy (non-hydrogen) atoms. The Labute approximate surface area is 151 Å². The molecule has 0 unspecified atom stereocenters. The number of anilines is 2. The summed E-state index contributed by atoms with van der Waals surface area (Å²) >= 11 is 11.5. The second-order valence-corrected chi connectivity index (χ2v) is 5.67. The molecule has 0 bridgehead atoms. The zero-order chi connectivity index (χ0) is 19.9. The number of rotatable bonds is 3. The van der Waals surface area contributed by atoms with Crippen molar-refractivity contribution < 1.29 is 26.3 Å². The number of nitrogens with zero attached hydrogens (tertiary/aromatic N) is 3. The number of hydrogen-bond acceptors (Lipinski definition) is 4. The Morgan fingerprint density at radius 1 is 1.04 bits per heavy atom. The van der Waals surface area contributed by atoms with Crippen molar-refractivity contribution in [3.05, 3.63) is 43.8 Å². The Morgan fingerprint density at radius 3 is 2.00 bits per heavy atom. The summed E-state index contributed by atoms with van der Waals surface area (Å²) in [4.78, 5) is 11.9. The Balaban J connectivity index is 2.53. The normalized spacial score (nSPS) is 12.3. The lowest BCUT2D eigenvalue weighted by atomic mass is 10.2. The van der Waals surface area contributed by atoms with Crippen molar-refractivity contribution in [3.63, 3.8) is 0 Å². The molecule has 0 aliphatic rings. The monoisotopic (exact) mass is 420 g/mol. The first-order chi connectivity index (χ1) is 11.9. The van der Waals surface area contributed by atoms with Crippen molar-refractivity contribution in [1.29, 1.82) is 0 Å². The van der Waals surface area contributed by atoms with Crippen LogP contribution in [0.4, 0.5) is 38.0 Å². The van der Waals surface area contributed by atoms with Gasteiger partial charge in [0.25, 0.3) is 5.56 Å². The highest BCUT2D eigenvalue weighted by molar-refractivity contribution is 6.39. The lowest BCUT2D eigenvalue weighted by Crippen LogP contribution is -2.32. The van der Waals surface area contributed by atoms with Crippen LogP contribution in [0.2, 0.25) is 10.0 Å². The fourth-order valence-corrected chi connectivity index (χ4v) is 2.53. The van der Waals surface area contributed by atoms with Gasteiger partial charge in [-0.25, -0.2) is 0 Å². The van der Waals surface area contributed by atoms with Crippen LogP contribution in [-0.4, -0.2) is 14.8 Å². The summed E-state index contributed by atoms with van der Waals surface area (Å²) in [7, 11) is 0. The molecule has 0 atom stereocenters. The van der Waals surface area contributed by atoms with Gasteiger partial charge in [-0.05, 0) is 19.1 Å². The highest BCUT2D eigenvalue weighted by atomic mass is 35.5. The topological polar surface area (TPSA) is 59.8 Å². The number of benzene rings is 1. The van der Waals surface area contributed by atoms with Gasteiger partial charge in [0, 0.05) is 6.54 Å². The van der Waals surface area contributed by atoms with Gasteiger partial charge >= 0.3 is 12.4 Å². The summed E-state index contributed by atoms with van der Waals surface area (Å²) < 4.78 is 76.9. The average Bonchev–Trinajstić information content (AvgIpc) is 2.48. The maximum absolute atomic E-state index is 12.7. The Kier molecular flexibility index (Phi) is 5.43. The molecule has 0 fully saturated rings. The van der Waals surface area contributed by atoms with Crippen LogP contribution < -0.4 is 10.9 Å². The average molecular weight is 421 g/mol. The third-order valence-corrected chi connectivity index (χ3v) is 3.74. The molecule has 2 aromatic rings. The molecular weight excluding hydrogens is 413 g/mol. The van der Waals surface area contributed by atoms with E-state index in [0.29, 0.717) is 16.7 Å². The Bertz CT molecular complexity index is 871. The predicted octanol–water partition coefficient (Wildman–Crippen LogP) is 4.75. The molecule has 0 amide bonds. The third kappa shape index (κ3) is 4.04. The summed E-state index contributed by atoms with van der Waals surface area (Å²) in [6.07, 6.45) is -9.71. The maximum atomic E-state index is 12.7. The molecule has 0 saturated carbocycles. The van der Waals surface area contributed by atoms with Gasteiger partial charge < -0.3 is 5.32 Å². The van der Waals surface area contributed by atoms with Crippen LogP contribution in [0.25, 0.3) is 0 Å². The minimum atomic E-state index is -5.01. The van der Waals surface area contributed by atoms with Gasteiger partial charge in [-0.2, -0.15) is 26.3 Å². The number of nitrogens with one attached hydrogen (secondary N) is 1. The molecule has 1 aromatic heterocycles. The van der Waals surface area contributed by atoms with Crippen LogP contribution in [-0.2, 0) is 18.9 Å². The highest BCUT2D eigenvalue weighted by Crippen LogP contribution is 2.39. The molecular formula is C13H8Cl2F6N4O. The van der Waals surface area contributed by atoms with E-state index in [4.69, 9.17) is 23.2 Å². The molecule has 2 rings (SSSR count). The first-order valence-electron chi connectivity index (χ1n) is 6.74. The van der Waals surface area contributed by atoms with Gasteiger partial charge in [0.05, 0.1) is 21.3 Å². The van der Waals surface area contributed by atoms with Crippen molar-refractivity contribution in [2.75, 3.05) is 5.32 Å². The van der Waals surface area contributed by atoms with Crippen LogP contribution in [0.5, 0.6) is 0 Å². The Hall–Kier alpha value is -2.01. The third-order valence-electron chi connectivity index (χ3n) is 3.14. The van der Waals surface area contributed by atoms with E-state index in [1.165, 1.54) is 6.92 Å². The molecule has 0 aliphatic carbocycles. The molecule has 0 spiro atoms. The van der Waals surface area contributed by atoms with Gasteiger partial charge in [-0.3, -0.25) is 9.36 Å². The van der Waals surface area contributed by atoms with E-state index in [-0.39, 0.29) is 12.2 Å². The number of hydrogen-bond donors (Lipinski definition) is 1. The molecule has 0 aliphatic heterocycles.